The van der Waals surface area contributed by atoms with Crippen LogP contribution in [0, 0.1) is 0 Å². The highest BCUT2D eigenvalue weighted by molar-refractivity contribution is 6.30. The van der Waals surface area contributed by atoms with Crippen molar-refractivity contribution >= 4 is 35.0 Å². The second-order valence-corrected chi connectivity index (χ2v) is 8.53. The van der Waals surface area contributed by atoms with Gasteiger partial charge in [-0.3, -0.25) is 19.3 Å². The van der Waals surface area contributed by atoms with Crippen LogP contribution in [-0.2, 0) is 14.3 Å². The highest BCUT2D eigenvalue weighted by Crippen LogP contribution is 2.29. The zero-order valence-electron chi connectivity index (χ0n) is 19.0. The molecule has 35 heavy (non-hydrogen) atoms. The number of ether oxygens (including phenoxy) is 1. The molecule has 1 aliphatic heterocycles. The molecule has 0 spiro atoms. The number of furan rings is 1. The predicted molar refractivity (Wildman–Crippen MR) is 131 cm³/mol. The molecule has 0 saturated carbocycles. The molecule has 8 nitrogen and oxygen atoms in total. The summed E-state index contributed by atoms with van der Waals surface area (Å²) in [6, 6.07) is 17.7. The fourth-order valence-electron chi connectivity index (χ4n) is 3.94. The highest BCUT2D eigenvalue weighted by atomic mass is 35.5. The van der Waals surface area contributed by atoms with E-state index in [1.165, 1.54) is 17.2 Å². The Morgan fingerprint density at radius 3 is 2.43 bits per heavy atom. The molecule has 3 aromatic rings. The van der Waals surface area contributed by atoms with Crippen LogP contribution in [0.3, 0.4) is 0 Å². The second kappa shape index (κ2) is 11.7. The Labute approximate surface area is 208 Å². The van der Waals surface area contributed by atoms with Crippen molar-refractivity contribution in [1.82, 2.24) is 10.6 Å². The van der Waals surface area contributed by atoms with E-state index in [9.17, 15) is 14.4 Å². The van der Waals surface area contributed by atoms with E-state index in [0.29, 0.717) is 29.4 Å². The highest BCUT2D eigenvalue weighted by Gasteiger charge is 2.33. The lowest BCUT2D eigenvalue weighted by molar-refractivity contribution is -0.126. The van der Waals surface area contributed by atoms with Gasteiger partial charge in [0.15, 0.2) is 5.76 Å². The van der Waals surface area contributed by atoms with E-state index in [1.807, 2.05) is 6.07 Å². The summed E-state index contributed by atoms with van der Waals surface area (Å²) in [5.74, 6) is -1.27. The first-order valence-corrected chi connectivity index (χ1v) is 11.7. The molecule has 1 fully saturated rings. The average Bonchev–Trinajstić information content (AvgIpc) is 3.60. The van der Waals surface area contributed by atoms with Gasteiger partial charge in [-0.1, -0.05) is 41.9 Å². The molecular formula is C26H26ClN3O5. The van der Waals surface area contributed by atoms with Crippen LogP contribution in [0.5, 0.6) is 0 Å². The molecular weight excluding hydrogens is 470 g/mol. The van der Waals surface area contributed by atoms with Gasteiger partial charge >= 0.3 is 0 Å². The molecule has 2 aromatic carbocycles. The fraction of sp³-hybridized carbons (Fsp3) is 0.269. The van der Waals surface area contributed by atoms with Gasteiger partial charge in [0.2, 0.25) is 11.8 Å². The average molecular weight is 496 g/mol. The minimum absolute atomic E-state index is 0.0531. The molecule has 1 aliphatic rings. The molecule has 1 aromatic heterocycles. The standard InChI is InChI=1S/C26H26ClN3O5/c27-19-10-12-20(13-11-19)30(23(31)17-29-25(32)22-9-5-15-35-22)24(18-6-2-1-3-7-18)26(33)28-16-21-8-4-14-34-21/h1-3,5-7,9-13,15,21,24H,4,8,14,16-17H2,(H,28,33)(H,29,32). The summed E-state index contributed by atoms with van der Waals surface area (Å²) < 4.78 is 10.7. The van der Waals surface area contributed by atoms with Crippen LogP contribution in [0.1, 0.15) is 35.0 Å². The number of amides is 3. The third kappa shape index (κ3) is 6.29. The summed E-state index contributed by atoms with van der Waals surface area (Å²) in [5.41, 5.74) is 1.09. The number of benzene rings is 2. The number of nitrogens with one attached hydrogen (secondary N) is 2. The number of nitrogens with zero attached hydrogens (tertiary/aromatic N) is 1. The Morgan fingerprint density at radius 1 is 1.00 bits per heavy atom. The normalized spacial score (nSPS) is 15.9. The van der Waals surface area contributed by atoms with Gasteiger partial charge in [0, 0.05) is 23.9 Å². The van der Waals surface area contributed by atoms with Crippen LogP contribution in [-0.4, -0.2) is 43.5 Å². The Hall–Kier alpha value is -3.62. The molecule has 3 amide bonds. The zero-order valence-corrected chi connectivity index (χ0v) is 19.7. The lowest BCUT2D eigenvalue weighted by Gasteiger charge is -2.32. The predicted octanol–water partition coefficient (Wildman–Crippen LogP) is 3.73. The third-order valence-electron chi connectivity index (χ3n) is 5.67. The topological polar surface area (TPSA) is 101 Å². The maximum atomic E-state index is 13.5. The Bertz CT molecular complexity index is 1130. The molecule has 2 heterocycles. The summed E-state index contributed by atoms with van der Waals surface area (Å²) in [6.45, 7) is 0.679. The fourth-order valence-corrected chi connectivity index (χ4v) is 4.07. The van der Waals surface area contributed by atoms with Crippen LogP contribution < -0.4 is 15.5 Å². The maximum Gasteiger partial charge on any atom is 0.287 e. The Kier molecular flexibility index (Phi) is 8.18. The molecule has 0 radical (unpaired) electrons. The minimum Gasteiger partial charge on any atom is -0.459 e. The molecule has 9 heteroatoms. The summed E-state index contributed by atoms with van der Waals surface area (Å²) in [6.07, 6.45) is 3.14. The lowest BCUT2D eigenvalue weighted by atomic mass is 10.0. The van der Waals surface area contributed by atoms with Crippen molar-refractivity contribution in [1.29, 1.82) is 0 Å². The molecule has 1 saturated heterocycles. The van der Waals surface area contributed by atoms with Crippen molar-refractivity contribution in [2.24, 2.45) is 0 Å². The number of hydrogen-bond acceptors (Lipinski definition) is 5. The van der Waals surface area contributed by atoms with Gasteiger partial charge in [-0.15, -0.1) is 0 Å². The number of hydrogen-bond donors (Lipinski definition) is 2. The quantitative estimate of drug-likeness (QED) is 0.471. The maximum absolute atomic E-state index is 13.5. The largest absolute Gasteiger partial charge is 0.459 e. The zero-order chi connectivity index (χ0) is 24.6. The monoisotopic (exact) mass is 495 g/mol. The summed E-state index contributed by atoms with van der Waals surface area (Å²) in [5, 5.41) is 6.00. The van der Waals surface area contributed by atoms with Crippen molar-refractivity contribution in [3.8, 4) is 0 Å². The van der Waals surface area contributed by atoms with E-state index in [-0.39, 0.29) is 24.3 Å². The van der Waals surface area contributed by atoms with E-state index in [0.717, 1.165) is 12.8 Å². The van der Waals surface area contributed by atoms with Crippen molar-refractivity contribution in [3.05, 3.63) is 89.3 Å². The Morgan fingerprint density at radius 2 is 1.77 bits per heavy atom. The molecule has 2 unspecified atom stereocenters. The van der Waals surface area contributed by atoms with E-state index in [4.69, 9.17) is 20.8 Å². The van der Waals surface area contributed by atoms with Crippen molar-refractivity contribution in [3.63, 3.8) is 0 Å². The van der Waals surface area contributed by atoms with Gasteiger partial charge in [-0.25, -0.2) is 0 Å². The SMILES string of the molecule is O=C(NCC(=O)N(c1ccc(Cl)cc1)C(C(=O)NCC1CCCO1)c1ccccc1)c1ccco1. The van der Waals surface area contributed by atoms with E-state index in [1.54, 1.807) is 54.6 Å². The summed E-state index contributed by atoms with van der Waals surface area (Å²) in [7, 11) is 0. The number of rotatable bonds is 9. The molecule has 182 valence electrons. The molecule has 2 N–H and O–H groups in total. The number of carbonyl (C=O) groups excluding carboxylic acids is 3. The van der Waals surface area contributed by atoms with Gasteiger partial charge in [0.1, 0.15) is 6.04 Å². The Balaban J connectivity index is 1.62. The van der Waals surface area contributed by atoms with E-state index >= 15 is 0 Å². The summed E-state index contributed by atoms with van der Waals surface area (Å²) >= 11 is 6.07. The van der Waals surface area contributed by atoms with E-state index in [2.05, 4.69) is 10.6 Å². The number of carbonyl (C=O) groups is 3. The first kappa shape index (κ1) is 24.5. The first-order valence-electron chi connectivity index (χ1n) is 11.4. The van der Waals surface area contributed by atoms with Gasteiger partial charge in [-0.2, -0.15) is 0 Å². The van der Waals surface area contributed by atoms with Crippen molar-refractivity contribution in [2.45, 2.75) is 25.0 Å². The first-order chi connectivity index (χ1) is 17.0. The summed E-state index contributed by atoms with van der Waals surface area (Å²) in [4.78, 5) is 40.8. The third-order valence-corrected chi connectivity index (χ3v) is 5.92. The molecule has 0 bridgehead atoms. The van der Waals surface area contributed by atoms with Crippen LogP contribution in [0.2, 0.25) is 5.02 Å². The van der Waals surface area contributed by atoms with Crippen LogP contribution in [0.4, 0.5) is 5.69 Å². The second-order valence-electron chi connectivity index (χ2n) is 8.09. The van der Waals surface area contributed by atoms with Gasteiger partial charge in [-0.05, 0) is 54.8 Å². The molecule has 4 rings (SSSR count). The van der Waals surface area contributed by atoms with Gasteiger partial charge < -0.3 is 19.8 Å². The molecule has 0 aliphatic carbocycles. The van der Waals surface area contributed by atoms with Crippen molar-refractivity contribution in [2.75, 3.05) is 24.6 Å². The molecule has 2 atom stereocenters. The van der Waals surface area contributed by atoms with Crippen LogP contribution in [0.15, 0.2) is 77.4 Å². The van der Waals surface area contributed by atoms with Gasteiger partial charge in [0.25, 0.3) is 5.91 Å². The van der Waals surface area contributed by atoms with Gasteiger partial charge in [0.05, 0.1) is 18.9 Å². The smallest absolute Gasteiger partial charge is 0.287 e. The van der Waals surface area contributed by atoms with E-state index < -0.39 is 17.9 Å². The lowest BCUT2D eigenvalue weighted by Crippen LogP contribution is -2.48. The van der Waals surface area contributed by atoms with Crippen LogP contribution >= 0.6 is 11.6 Å². The van der Waals surface area contributed by atoms with Crippen molar-refractivity contribution < 1.29 is 23.5 Å². The minimum atomic E-state index is -0.980. The number of halogens is 1. The van der Waals surface area contributed by atoms with Crippen LogP contribution in [0.25, 0.3) is 0 Å². The number of anilines is 1.